The van der Waals surface area contributed by atoms with Crippen molar-refractivity contribution in [2.24, 2.45) is 28.6 Å². The Kier molecular flexibility index (Phi) is 5.86. The molecule has 7 nitrogen and oxygen atoms in total. The van der Waals surface area contributed by atoms with Gasteiger partial charge in [-0.3, -0.25) is 14.4 Å². The maximum absolute atomic E-state index is 17.5. The van der Waals surface area contributed by atoms with Crippen LogP contribution < -0.4 is 0 Å². The molecule has 4 aliphatic carbocycles. The predicted molar refractivity (Wildman–Crippen MR) is 133 cm³/mol. The van der Waals surface area contributed by atoms with E-state index >= 15 is 8.78 Å². The number of furan rings is 1. The highest BCUT2D eigenvalue weighted by Gasteiger charge is 2.79. The van der Waals surface area contributed by atoms with Crippen molar-refractivity contribution < 1.29 is 32.7 Å². The molecule has 3 fully saturated rings. The fourth-order valence-electron chi connectivity index (χ4n) is 8.52. The Bertz CT molecular complexity index is 1290. The lowest BCUT2D eigenvalue weighted by molar-refractivity contribution is -0.263. The van der Waals surface area contributed by atoms with Crippen molar-refractivity contribution >= 4 is 22.7 Å². The SMILES string of the molecule is C[C@]12C=CC(=O)CC1=C(F)C[C@H]1[C@@H]3C[C@H]4CN(Cc5ccoc5)O[C@@]4(C(=O)SCC#N)[C@@]3(C)C[C@H](O)[C@@]12F. The number of aliphatic hydroxyl groups excluding tert-OH is 1. The maximum Gasteiger partial charge on any atom is 0.224 e. The molecule has 6 rings (SSSR count). The van der Waals surface area contributed by atoms with E-state index in [1.165, 1.54) is 12.2 Å². The Labute approximate surface area is 223 Å². The molecule has 1 saturated heterocycles. The number of carbonyl (C=O) groups is 2. The lowest BCUT2D eigenvalue weighted by atomic mass is 9.45. The van der Waals surface area contributed by atoms with Crippen LogP contribution in [0, 0.1) is 39.9 Å². The van der Waals surface area contributed by atoms with Gasteiger partial charge in [0.1, 0.15) is 5.83 Å². The van der Waals surface area contributed by atoms with E-state index in [1.807, 2.05) is 13.0 Å². The Morgan fingerprint density at radius 3 is 2.87 bits per heavy atom. The van der Waals surface area contributed by atoms with E-state index in [4.69, 9.17) is 9.25 Å². The van der Waals surface area contributed by atoms with Crippen molar-refractivity contribution in [3.8, 4) is 6.07 Å². The molecule has 0 unspecified atom stereocenters. The van der Waals surface area contributed by atoms with Gasteiger partial charge in [0.25, 0.3) is 0 Å². The van der Waals surface area contributed by atoms with Gasteiger partial charge in [0.05, 0.1) is 37.0 Å². The van der Waals surface area contributed by atoms with Gasteiger partial charge < -0.3 is 9.52 Å². The summed E-state index contributed by atoms with van der Waals surface area (Å²) in [5.41, 5.74) is -5.10. The molecule has 2 heterocycles. The summed E-state index contributed by atoms with van der Waals surface area (Å²) in [6.45, 7) is 4.20. The van der Waals surface area contributed by atoms with Gasteiger partial charge in [-0.05, 0) is 43.4 Å². The Morgan fingerprint density at radius 2 is 2.16 bits per heavy atom. The van der Waals surface area contributed by atoms with E-state index in [9.17, 15) is 20.0 Å². The normalized spacial score (nSPS) is 43.8. The molecule has 0 amide bonds. The third kappa shape index (κ3) is 3.16. The summed E-state index contributed by atoms with van der Waals surface area (Å²) in [6, 6.07) is 3.80. The molecule has 10 heteroatoms. The minimum absolute atomic E-state index is 0.0597. The molecule has 1 aliphatic heterocycles. The number of alkyl halides is 1. The van der Waals surface area contributed by atoms with Gasteiger partial charge in [-0.2, -0.15) is 10.3 Å². The minimum Gasteiger partial charge on any atom is -0.472 e. The number of allylic oxidation sites excluding steroid dienone is 4. The first-order chi connectivity index (χ1) is 18.0. The molecule has 202 valence electrons. The number of halogens is 2. The zero-order valence-electron chi connectivity index (χ0n) is 21.3. The van der Waals surface area contributed by atoms with Gasteiger partial charge in [-0.15, -0.1) is 0 Å². The van der Waals surface area contributed by atoms with E-state index in [2.05, 4.69) is 0 Å². The number of hydrogen-bond acceptors (Lipinski definition) is 8. The maximum atomic E-state index is 17.5. The molecule has 0 spiro atoms. The van der Waals surface area contributed by atoms with Crippen LogP contribution in [-0.4, -0.2) is 50.7 Å². The van der Waals surface area contributed by atoms with E-state index in [1.54, 1.807) is 30.6 Å². The minimum atomic E-state index is -2.21. The quantitative estimate of drug-likeness (QED) is 0.593. The number of thioether (sulfide) groups is 1. The van der Waals surface area contributed by atoms with Gasteiger partial charge >= 0.3 is 0 Å². The smallest absolute Gasteiger partial charge is 0.224 e. The highest BCUT2D eigenvalue weighted by atomic mass is 32.2. The van der Waals surface area contributed by atoms with Crippen LogP contribution in [-0.2, 0) is 21.0 Å². The van der Waals surface area contributed by atoms with E-state index < -0.39 is 45.9 Å². The first kappa shape index (κ1) is 25.9. The van der Waals surface area contributed by atoms with E-state index in [-0.39, 0.29) is 47.4 Å². The summed E-state index contributed by atoms with van der Waals surface area (Å²) >= 11 is 0.875. The van der Waals surface area contributed by atoms with E-state index in [0.29, 0.717) is 19.5 Å². The number of nitriles is 1. The first-order valence-corrected chi connectivity index (χ1v) is 14.0. The Balaban J connectivity index is 1.43. The fourth-order valence-corrected chi connectivity index (χ4v) is 9.37. The largest absolute Gasteiger partial charge is 0.472 e. The average molecular weight is 545 g/mol. The van der Waals surface area contributed by atoms with Crippen molar-refractivity contribution in [3.05, 3.63) is 47.7 Å². The lowest BCUT2D eigenvalue weighted by Crippen LogP contribution is -2.69. The molecule has 1 N–H and O–H groups in total. The second-order valence-electron chi connectivity index (χ2n) is 11.8. The summed E-state index contributed by atoms with van der Waals surface area (Å²) < 4.78 is 38.3. The van der Waals surface area contributed by atoms with Crippen LogP contribution in [0.1, 0.15) is 45.1 Å². The number of aliphatic hydroxyl groups is 1. The van der Waals surface area contributed by atoms with Crippen molar-refractivity contribution in [1.29, 1.82) is 5.26 Å². The van der Waals surface area contributed by atoms with Gasteiger partial charge in [0.2, 0.25) is 5.12 Å². The summed E-state index contributed by atoms with van der Waals surface area (Å²) in [5, 5.41) is 22.2. The van der Waals surface area contributed by atoms with Crippen molar-refractivity contribution in [3.63, 3.8) is 0 Å². The fraction of sp³-hybridized carbons (Fsp3) is 0.607. The highest BCUT2D eigenvalue weighted by molar-refractivity contribution is 8.14. The first-order valence-electron chi connectivity index (χ1n) is 13.0. The molecule has 2 saturated carbocycles. The third-order valence-corrected chi connectivity index (χ3v) is 11.1. The summed E-state index contributed by atoms with van der Waals surface area (Å²) in [5.74, 6) is -2.55. The number of ketones is 1. The number of fused-ring (bicyclic) bond motifs is 7. The van der Waals surface area contributed by atoms with Crippen LogP contribution in [0.5, 0.6) is 0 Å². The average Bonchev–Trinajstić information content (AvgIpc) is 3.57. The molecular weight excluding hydrogens is 514 g/mol. The zero-order valence-corrected chi connectivity index (χ0v) is 22.1. The van der Waals surface area contributed by atoms with Gasteiger partial charge in [0, 0.05) is 47.6 Å². The second kappa shape index (κ2) is 8.59. The van der Waals surface area contributed by atoms with Crippen LogP contribution in [0.4, 0.5) is 8.78 Å². The summed E-state index contributed by atoms with van der Waals surface area (Å²) in [7, 11) is 0. The number of rotatable bonds is 4. The molecular formula is C28H30F2N2O5S. The number of nitrogens with zero attached hydrogens (tertiary/aromatic N) is 2. The van der Waals surface area contributed by atoms with Gasteiger partial charge in [-0.1, -0.05) is 24.8 Å². The Morgan fingerprint density at radius 1 is 1.37 bits per heavy atom. The van der Waals surface area contributed by atoms with Gasteiger partial charge in [-0.25, -0.2) is 8.78 Å². The number of hydroxylamine groups is 2. The van der Waals surface area contributed by atoms with Crippen molar-refractivity contribution in [1.82, 2.24) is 5.06 Å². The topological polar surface area (TPSA) is 104 Å². The standard InChI is InChI=1S/C28H30F2N2O5S/c1-25-5-3-18(33)10-21(25)22(29)11-20-19-9-17-14-32(13-16-4-7-36-15-16)37-28(17,24(35)38-8-6-31)26(19,2)12-23(34)27(20,25)30/h3-5,7,15,17,19-20,23,34H,8-14H2,1-2H3/t17-,19-,20-,23-,25-,26-,27-,28-/m0/s1. The van der Waals surface area contributed by atoms with E-state index in [0.717, 1.165) is 17.3 Å². The monoisotopic (exact) mass is 544 g/mol. The van der Waals surface area contributed by atoms with Crippen molar-refractivity contribution in [2.45, 2.75) is 63.4 Å². The number of hydrogen-bond donors (Lipinski definition) is 1. The highest BCUT2D eigenvalue weighted by Crippen LogP contribution is 2.73. The van der Waals surface area contributed by atoms with Crippen LogP contribution in [0.15, 0.2) is 46.6 Å². The molecule has 8 atom stereocenters. The summed E-state index contributed by atoms with van der Waals surface area (Å²) in [6.07, 6.45) is 4.27. The predicted octanol–water partition coefficient (Wildman–Crippen LogP) is 4.44. The van der Waals surface area contributed by atoms with Crippen LogP contribution in [0.25, 0.3) is 0 Å². The van der Waals surface area contributed by atoms with Crippen LogP contribution >= 0.6 is 11.8 Å². The van der Waals surface area contributed by atoms with Gasteiger partial charge in [0.15, 0.2) is 17.1 Å². The third-order valence-electron chi connectivity index (χ3n) is 10.2. The zero-order chi connectivity index (χ0) is 27.1. The molecule has 1 aromatic rings. The molecule has 0 aromatic carbocycles. The Hall–Kier alpha value is -2.32. The second-order valence-corrected chi connectivity index (χ2v) is 12.8. The number of carbonyl (C=O) groups excluding carboxylic acids is 2. The molecule has 5 aliphatic rings. The summed E-state index contributed by atoms with van der Waals surface area (Å²) in [4.78, 5) is 32.5. The molecule has 1 aromatic heterocycles. The molecule has 0 bridgehead atoms. The van der Waals surface area contributed by atoms with Crippen LogP contribution in [0.2, 0.25) is 0 Å². The molecule has 38 heavy (non-hydrogen) atoms. The molecule has 0 radical (unpaired) electrons. The van der Waals surface area contributed by atoms with Crippen LogP contribution in [0.3, 0.4) is 0 Å². The van der Waals surface area contributed by atoms with Crippen molar-refractivity contribution in [2.75, 3.05) is 12.3 Å². The lowest BCUT2D eigenvalue weighted by Gasteiger charge is -2.62.